The highest BCUT2D eigenvalue weighted by Crippen LogP contribution is 1.98. The monoisotopic (exact) mass is 183 g/mol. The van der Waals surface area contributed by atoms with Crippen molar-refractivity contribution in [3.63, 3.8) is 0 Å². The van der Waals surface area contributed by atoms with Crippen LogP contribution in [0.2, 0.25) is 0 Å². The number of carbonyl (C=O) groups excluding carboxylic acids is 1. The van der Waals surface area contributed by atoms with Gasteiger partial charge < -0.3 is 11.1 Å². The summed E-state index contributed by atoms with van der Waals surface area (Å²) in [5.41, 5.74) is 5.59. The van der Waals surface area contributed by atoms with Gasteiger partial charge in [0.1, 0.15) is 0 Å². The van der Waals surface area contributed by atoms with Gasteiger partial charge in [0.25, 0.3) is 0 Å². The molecule has 0 bridgehead atoms. The van der Waals surface area contributed by atoms with Gasteiger partial charge in [-0.2, -0.15) is 5.26 Å². The lowest BCUT2D eigenvalue weighted by Gasteiger charge is -2.15. The minimum atomic E-state index is -0.481. The van der Waals surface area contributed by atoms with Gasteiger partial charge in [-0.05, 0) is 12.8 Å². The van der Waals surface area contributed by atoms with E-state index in [-0.39, 0.29) is 17.7 Å². The summed E-state index contributed by atoms with van der Waals surface area (Å²) >= 11 is 0. The van der Waals surface area contributed by atoms with Crippen molar-refractivity contribution in [3.8, 4) is 6.07 Å². The molecule has 13 heavy (non-hydrogen) atoms. The van der Waals surface area contributed by atoms with Gasteiger partial charge in [0.2, 0.25) is 5.91 Å². The maximum Gasteiger partial charge on any atom is 0.237 e. The van der Waals surface area contributed by atoms with Gasteiger partial charge in [0.15, 0.2) is 0 Å². The summed E-state index contributed by atoms with van der Waals surface area (Å²) in [6, 6.07) is 1.55. The highest BCUT2D eigenvalue weighted by Gasteiger charge is 2.16. The van der Waals surface area contributed by atoms with E-state index in [1.807, 2.05) is 19.9 Å². The molecule has 0 aliphatic heterocycles. The van der Waals surface area contributed by atoms with Crippen LogP contribution >= 0.6 is 0 Å². The third kappa shape index (κ3) is 4.48. The first-order valence-electron chi connectivity index (χ1n) is 4.42. The molecule has 2 atom stereocenters. The standard InChI is InChI=1S/C9H17N3O/c1-6(2)8(11)9(13)12-5-7(3)4-10/h6-8H,5,11H2,1-3H3,(H,12,13)/t7?,8-/m0/s1. The van der Waals surface area contributed by atoms with E-state index >= 15 is 0 Å². The summed E-state index contributed by atoms with van der Waals surface area (Å²) in [5, 5.41) is 11.1. The SMILES string of the molecule is CC(C#N)CNC(=O)[C@@H](N)C(C)C. The van der Waals surface area contributed by atoms with E-state index in [1.165, 1.54) is 0 Å². The Bertz CT molecular complexity index is 207. The molecule has 0 aromatic heterocycles. The zero-order valence-corrected chi connectivity index (χ0v) is 8.37. The van der Waals surface area contributed by atoms with Crippen LogP contribution in [0.1, 0.15) is 20.8 Å². The molecule has 74 valence electrons. The second-order valence-corrected chi connectivity index (χ2v) is 3.55. The van der Waals surface area contributed by atoms with Crippen molar-refractivity contribution in [2.24, 2.45) is 17.6 Å². The summed E-state index contributed by atoms with van der Waals surface area (Å²) in [6.07, 6.45) is 0. The van der Waals surface area contributed by atoms with Gasteiger partial charge in [-0.3, -0.25) is 4.79 Å². The maximum atomic E-state index is 11.3. The average Bonchev–Trinajstić information content (AvgIpc) is 2.11. The molecular weight excluding hydrogens is 166 g/mol. The van der Waals surface area contributed by atoms with E-state index < -0.39 is 6.04 Å². The molecule has 0 fully saturated rings. The molecule has 0 aromatic carbocycles. The Balaban J connectivity index is 3.83. The second kappa shape index (κ2) is 5.55. The lowest BCUT2D eigenvalue weighted by atomic mass is 10.0. The van der Waals surface area contributed by atoms with E-state index in [4.69, 9.17) is 11.0 Å². The van der Waals surface area contributed by atoms with Crippen LogP contribution in [0.5, 0.6) is 0 Å². The number of nitrogens with one attached hydrogen (secondary N) is 1. The predicted octanol–water partition coefficient (Wildman–Crippen LogP) is 0.246. The molecule has 0 saturated heterocycles. The van der Waals surface area contributed by atoms with Crippen LogP contribution in [-0.4, -0.2) is 18.5 Å². The van der Waals surface area contributed by atoms with Crippen molar-refractivity contribution in [2.75, 3.05) is 6.54 Å². The maximum absolute atomic E-state index is 11.3. The number of nitriles is 1. The quantitative estimate of drug-likeness (QED) is 0.655. The molecule has 1 unspecified atom stereocenters. The minimum absolute atomic E-state index is 0.123. The Morgan fingerprint density at radius 1 is 1.54 bits per heavy atom. The van der Waals surface area contributed by atoms with E-state index in [9.17, 15) is 4.79 Å². The fraction of sp³-hybridized carbons (Fsp3) is 0.778. The number of nitrogens with zero attached hydrogens (tertiary/aromatic N) is 1. The Hall–Kier alpha value is -1.08. The van der Waals surface area contributed by atoms with Crippen molar-refractivity contribution < 1.29 is 4.79 Å². The first kappa shape index (κ1) is 11.9. The van der Waals surface area contributed by atoms with Crippen LogP contribution in [0, 0.1) is 23.2 Å². The van der Waals surface area contributed by atoms with E-state index in [0.717, 1.165) is 0 Å². The van der Waals surface area contributed by atoms with Gasteiger partial charge >= 0.3 is 0 Å². The molecule has 0 heterocycles. The molecule has 0 aliphatic carbocycles. The summed E-state index contributed by atoms with van der Waals surface area (Å²) in [5.74, 6) is -0.224. The smallest absolute Gasteiger partial charge is 0.237 e. The molecule has 0 aliphatic rings. The first-order chi connectivity index (χ1) is 5.99. The topological polar surface area (TPSA) is 78.9 Å². The number of hydrogen-bond acceptors (Lipinski definition) is 3. The number of rotatable bonds is 4. The fourth-order valence-electron chi connectivity index (χ4n) is 0.720. The van der Waals surface area contributed by atoms with Crippen molar-refractivity contribution in [3.05, 3.63) is 0 Å². The fourth-order valence-corrected chi connectivity index (χ4v) is 0.720. The molecular formula is C9H17N3O. The van der Waals surface area contributed by atoms with Crippen molar-refractivity contribution >= 4 is 5.91 Å². The summed E-state index contributed by atoms with van der Waals surface area (Å²) < 4.78 is 0. The van der Waals surface area contributed by atoms with Gasteiger partial charge in [0, 0.05) is 6.54 Å². The lowest BCUT2D eigenvalue weighted by Crippen LogP contribution is -2.45. The first-order valence-corrected chi connectivity index (χ1v) is 4.42. The highest BCUT2D eigenvalue weighted by molar-refractivity contribution is 5.81. The zero-order valence-electron chi connectivity index (χ0n) is 8.37. The van der Waals surface area contributed by atoms with E-state index in [2.05, 4.69) is 5.32 Å². The zero-order chi connectivity index (χ0) is 10.4. The molecule has 0 radical (unpaired) electrons. The van der Waals surface area contributed by atoms with Crippen LogP contribution in [0.25, 0.3) is 0 Å². The number of hydrogen-bond donors (Lipinski definition) is 2. The Labute approximate surface area is 79.1 Å². The highest BCUT2D eigenvalue weighted by atomic mass is 16.2. The summed E-state index contributed by atoms with van der Waals surface area (Å²) in [7, 11) is 0. The summed E-state index contributed by atoms with van der Waals surface area (Å²) in [6.45, 7) is 5.90. The Morgan fingerprint density at radius 3 is 2.46 bits per heavy atom. The molecule has 1 amide bonds. The second-order valence-electron chi connectivity index (χ2n) is 3.55. The van der Waals surface area contributed by atoms with Crippen LogP contribution in [0.4, 0.5) is 0 Å². The number of nitrogens with two attached hydrogens (primary N) is 1. The average molecular weight is 183 g/mol. The minimum Gasteiger partial charge on any atom is -0.353 e. The van der Waals surface area contributed by atoms with Crippen LogP contribution < -0.4 is 11.1 Å². The molecule has 4 heteroatoms. The Morgan fingerprint density at radius 2 is 2.08 bits per heavy atom. The molecule has 0 saturated carbocycles. The van der Waals surface area contributed by atoms with Gasteiger partial charge in [0.05, 0.1) is 18.0 Å². The van der Waals surface area contributed by atoms with Crippen molar-refractivity contribution in [1.82, 2.24) is 5.32 Å². The third-order valence-corrected chi connectivity index (χ3v) is 1.82. The molecule has 0 spiro atoms. The lowest BCUT2D eigenvalue weighted by molar-refractivity contribution is -0.123. The molecule has 0 rings (SSSR count). The van der Waals surface area contributed by atoms with Gasteiger partial charge in [-0.1, -0.05) is 13.8 Å². The van der Waals surface area contributed by atoms with Crippen LogP contribution in [-0.2, 0) is 4.79 Å². The number of amides is 1. The third-order valence-electron chi connectivity index (χ3n) is 1.82. The van der Waals surface area contributed by atoms with Crippen molar-refractivity contribution in [1.29, 1.82) is 5.26 Å². The van der Waals surface area contributed by atoms with Crippen LogP contribution in [0.3, 0.4) is 0 Å². The molecule has 0 aromatic rings. The van der Waals surface area contributed by atoms with Gasteiger partial charge in [-0.15, -0.1) is 0 Å². The van der Waals surface area contributed by atoms with Gasteiger partial charge in [-0.25, -0.2) is 0 Å². The number of carbonyl (C=O) groups is 1. The molecule has 4 nitrogen and oxygen atoms in total. The largest absolute Gasteiger partial charge is 0.353 e. The Kier molecular flexibility index (Phi) is 5.09. The predicted molar refractivity (Wildman–Crippen MR) is 50.6 cm³/mol. The molecule has 3 N–H and O–H groups in total. The summed E-state index contributed by atoms with van der Waals surface area (Å²) in [4.78, 5) is 11.3. The van der Waals surface area contributed by atoms with Crippen molar-refractivity contribution in [2.45, 2.75) is 26.8 Å². The van der Waals surface area contributed by atoms with E-state index in [0.29, 0.717) is 6.54 Å². The normalized spacial score (nSPS) is 14.8. The van der Waals surface area contributed by atoms with Crippen LogP contribution in [0.15, 0.2) is 0 Å². The van der Waals surface area contributed by atoms with E-state index in [1.54, 1.807) is 6.92 Å².